The molecule has 0 atom stereocenters. The zero-order chi connectivity index (χ0) is 41.6. The molecule has 300 valence electrons. The first-order chi connectivity index (χ1) is 29.3. The monoisotopic (exact) mass is 798 g/mol. The van der Waals surface area contributed by atoms with Gasteiger partial charge >= 0.3 is 0 Å². The van der Waals surface area contributed by atoms with E-state index in [1.807, 2.05) is 36.4 Å². The van der Waals surface area contributed by atoms with Crippen molar-refractivity contribution in [2.45, 2.75) is 0 Å². The molecule has 0 fully saturated rings. The summed E-state index contributed by atoms with van der Waals surface area (Å²) in [6.45, 7) is 0. The lowest BCUT2D eigenvalue weighted by Gasteiger charge is -2.12. The minimum atomic E-state index is 0.552. The van der Waals surface area contributed by atoms with Crippen LogP contribution < -0.4 is 58.3 Å². The van der Waals surface area contributed by atoms with Crippen LogP contribution in [0.4, 0.5) is 0 Å². The van der Waals surface area contributed by atoms with Crippen LogP contribution in [0.25, 0.3) is 82.9 Å². The molecule has 0 aromatic heterocycles. The fourth-order valence-electron chi connectivity index (χ4n) is 9.67. The molecule has 9 nitrogen and oxygen atoms in total. The third kappa shape index (κ3) is 5.05. The lowest BCUT2D eigenvalue weighted by Crippen LogP contribution is -2.01. The van der Waals surface area contributed by atoms with E-state index in [0.717, 1.165) is 32.3 Å². The van der Waals surface area contributed by atoms with Crippen LogP contribution in [0.15, 0.2) is 72.8 Å². The van der Waals surface area contributed by atoms with E-state index in [0.29, 0.717) is 51.7 Å². The van der Waals surface area contributed by atoms with E-state index < -0.39 is 0 Å². The maximum atomic E-state index is 5.77. The fraction of sp³-hybridized carbons (Fsp3) is 0.176. The standard InChI is InChI=1S/C51H42O9/c1-52-37-19-25(20-38(53-2)49(37)58-7)16-34-28-10-12-30-35(17-26-21-39(54-3)50(59-8)40(22-26)55-4)32-14-15-33-36(18-27-23-41(56-5)51(60-9)42(24-27)57-6)31-13-11-29(34)44-43(28)45(30)47(32)48(33)46(31)44/h10-24H,1-9H3. The highest BCUT2D eigenvalue weighted by Crippen LogP contribution is 2.49. The Morgan fingerprint density at radius 1 is 0.267 bits per heavy atom. The van der Waals surface area contributed by atoms with Gasteiger partial charge in [0.25, 0.3) is 0 Å². The summed E-state index contributed by atoms with van der Waals surface area (Å²) in [4.78, 5) is 0. The number of hydrogen-bond acceptors (Lipinski definition) is 9. The summed E-state index contributed by atoms with van der Waals surface area (Å²) < 4.78 is 51.6. The van der Waals surface area contributed by atoms with E-state index in [4.69, 9.17) is 42.6 Å². The van der Waals surface area contributed by atoms with Crippen LogP contribution in [-0.4, -0.2) is 64.0 Å². The number of methoxy groups -OCH3 is 9. The first-order valence-corrected chi connectivity index (χ1v) is 19.4. The summed E-state index contributed by atoms with van der Waals surface area (Å²) in [6, 6.07) is 25.6. The van der Waals surface area contributed by atoms with Crippen molar-refractivity contribution in [3.8, 4) is 51.7 Å². The van der Waals surface area contributed by atoms with Gasteiger partial charge in [0, 0.05) is 0 Å². The van der Waals surface area contributed by atoms with Crippen LogP contribution >= 0.6 is 0 Å². The van der Waals surface area contributed by atoms with Crippen LogP contribution in [-0.2, 0) is 0 Å². The Bertz CT molecular complexity index is 2870. The van der Waals surface area contributed by atoms with Crippen molar-refractivity contribution in [2.24, 2.45) is 0 Å². The molecule has 0 saturated carbocycles. The molecule has 10 aromatic carbocycles. The molecular weight excluding hydrogens is 757 g/mol. The van der Waals surface area contributed by atoms with Crippen molar-refractivity contribution < 1.29 is 42.6 Å². The van der Waals surface area contributed by atoms with Gasteiger partial charge in [-0.05, 0) is 152 Å². The molecule has 0 aliphatic carbocycles. The van der Waals surface area contributed by atoms with Crippen molar-refractivity contribution in [3.63, 3.8) is 0 Å². The molecule has 0 heterocycles. The van der Waals surface area contributed by atoms with Gasteiger partial charge in [0.2, 0.25) is 17.2 Å². The van der Waals surface area contributed by atoms with Crippen LogP contribution in [0.2, 0.25) is 0 Å². The van der Waals surface area contributed by atoms with Crippen molar-refractivity contribution in [1.82, 2.24) is 0 Å². The second kappa shape index (κ2) is 13.9. The number of rotatable bonds is 12. The van der Waals surface area contributed by atoms with Gasteiger partial charge in [-0.2, -0.15) is 0 Å². The first-order valence-electron chi connectivity index (χ1n) is 19.4. The topological polar surface area (TPSA) is 83.1 Å². The molecule has 0 amide bonds. The van der Waals surface area contributed by atoms with Gasteiger partial charge in [-0.3, -0.25) is 0 Å². The van der Waals surface area contributed by atoms with E-state index in [1.54, 1.807) is 64.0 Å². The van der Waals surface area contributed by atoms with Gasteiger partial charge in [-0.1, -0.05) is 36.4 Å². The second-order valence-electron chi connectivity index (χ2n) is 14.8. The zero-order valence-electron chi connectivity index (χ0n) is 34.8. The molecule has 0 saturated heterocycles. The van der Waals surface area contributed by atoms with Gasteiger partial charge in [0.15, 0.2) is 34.5 Å². The Kier molecular flexibility index (Phi) is 8.61. The molecule has 0 aliphatic heterocycles. The largest absolute Gasteiger partial charge is 0.493 e. The number of benzene rings is 7. The van der Waals surface area contributed by atoms with Crippen LogP contribution in [0, 0.1) is 0 Å². The molecule has 0 radical (unpaired) electrons. The van der Waals surface area contributed by atoms with Gasteiger partial charge in [-0.25, -0.2) is 0 Å². The summed E-state index contributed by atoms with van der Waals surface area (Å²) >= 11 is 0. The Morgan fingerprint density at radius 3 is 0.600 bits per heavy atom. The summed E-state index contributed by atoms with van der Waals surface area (Å²) in [6.07, 6.45) is 6.69. The highest BCUT2D eigenvalue weighted by atomic mass is 16.5. The molecule has 9 heteroatoms. The second-order valence-corrected chi connectivity index (χ2v) is 14.8. The van der Waals surface area contributed by atoms with Crippen molar-refractivity contribution in [3.05, 3.63) is 105 Å². The number of ether oxygens (including phenoxy) is 9. The minimum absolute atomic E-state index is 0.552. The molecule has 0 aliphatic rings. The summed E-state index contributed by atoms with van der Waals surface area (Å²) in [5.41, 5.74) is 2.80. The average molecular weight is 799 g/mol. The maximum absolute atomic E-state index is 5.77. The highest BCUT2D eigenvalue weighted by molar-refractivity contribution is 6.48. The molecule has 10 aromatic rings. The third-order valence-corrected chi connectivity index (χ3v) is 12.1. The van der Waals surface area contributed by atoms with Crippen LogP contribution in [0.3, 0.4) is 0 Å². The Hall–Kier alpha value is -7.26. The fourth-order valence-corrected chi connectivity index (χ4v) is 9.67. The molecule has 0 unspecified atom stereocenters. The number of hydrogen-bond donors (Lipinski definition) is 0. The van der Waals surface area contributed by atoms with E-state index in [-0.39, 0.29) is 0 Å². The minimum Gasteiger partial charge on any atom is -0.493 e. The maximum Gasteiger partial charge on any atom is 0.203 e. The lowest BCUT2D eigenvalue weighted by atomic mass is 9.95. The van der Waals surface area contributed by atoms with Crippen molar-refractivity contribution >= 4 is 82.9 Å². The van der Waals surface area contributed by atoms with Crippen molar-refractivity contribution in [1.29, 1.82) is 0 Å². The molecule has 10 rings (SSSR count). The normalized spacial score (nSPS) is 11.8. The van der Waals surface area contributed by atoms with Gasteiger partial charge in [-0.15, -0.1) is 0 Å². The molecule has 0 bridgehead atoms. The van der Waals surface area contributed by atoms with E-state index in [1.165, 1.54) is 64.6 Å². The molecular formula is C51H42O9. The first kappa shape index (κ1) is 37.0. The Morgan fingerprint density at radius 2 is 0.450 bits per heavy atom. The molecule has 0 N–H and O–H groups in total. The van der Waals surface area contributed by atoms with Gasteiger partial charge in [0.1, 0.15) is 0 Å². The third-order valence-electron chi connectivity index (χ3n) is 12.1. The smallest absolute Gasteiger partial charge is 0.203 e. The van der Waals surface area contributed by atoms with Crippen LogP contribution in [0.5, 0.6) is 51.7 Å². The quantitative estimate of drug-likeness (QED) is 0.113. The predicted molar refractivity (Wildman–Crippen MR) is 240 cm³/mol. The lowest BCUT2D eigenvalue weighted by molar-refractivity contribution is 0.324. The predicted octanol–water partition coefficient (Wildman–Crippen LogP) is 8.64. The van der Waals surface area contributed by atoms with E-state index in [2.05, 4.69) is 54.6 Å². The highest BCUT2D eigenvalue weighted by Gasteiger charge is 2.27. The Labute approximate surface area is 345 Å². The van der Waals surface area contributed by atoms with Gasteiger partial charge in [0.05, 0.1) is 64.0 Å². The van der Waals surface area contributed by atoms with Crippen LogP contribution in [0.1, 0.15) is 16.7 Å². The van der Waals surface area contributed by atoms with Crippen molar-refractivity contribution in [2.75, 3.05) is 64.0 Å². The average Bonchev–Trinajstić information content (AvgIpc) is 3.89. The van der Waals surface area contributed by atoms with E-state index >= 15 is 0 Å². The molecule has 0 spiro atoms. The summed E-state index contributed by atoms with van der Waals surface area (Å²) in [5.74, 6) is 5.24. The zero-order valence-corrected chi connectivity index (χ0v) is 34.8. The summed E-state index contributed by atoms with van der Waals surface area (Å²) in [5, 5.41) is 17.8. The SMILES string of the molecule is COc1cc(C=c2c3ccc4c(=Cc5cc(OC)c(OC)c(OC)c5)c5ccc6c(=Cc7cc(OC)c(OC)c(OC)c7)c7ccc2c2c3c4c5c6c72)cc(OC)c1OC. The van der Waals surface area contributed by atoms with Gasteiger partial charge < -0.3 is 42.6 Å². The van der Waals surface area contributed by atoms with E-state index in [9.17, 15) is 0 Å². The molecule has 60 heavy (non-hydrogen) atoms. The Balaban J connectivity index is 1.37. The summed E-state index contributed by atoms with van der Waals surface area (Å²) in [7, 11) is 14.7.